The number of piperidine rings is 1. The van der Waals surface area contributed by atoms with Crippen molar-refractivity contribution in [3.63, 3.8) is 0 Å². The fraction of sp³-hybridized carbons (Fsp3) is 0.435. The van der Waals surface area contributed by atoms with Gasteiger partial charge >= 0.3 is 5.97 Å². The Morgan fingerprint density at radius 1 is 1.13 bits per heavy atom. The number of hydrogen-bond donors (Lipinski definition) is 1. The second-order valence-corrected chi connectivity index (χ2v) is 9.15. The number of nitrogens with zero attached hydrogens (tertiary/aromatic N) is 1. The molecule has 2 aliphatic rings. The second-order valence-electron chi connectivity index (χ2n) is 8.28. The number of hydrogen-bond acceptors (Lipinski definition) is 3. The van der Waals surface area contributed by atoms with E-state index < -0.39 is 11.8 Å². The van der Waals surface area contributed by atoms with Crippen LogP contribution in [0.1, 0.15) is 53.1 Å². The highest BCUT2D eigenvalue weighted by atomic mass is 35.5. The van der Waals surface area contributed by atoms with Gasteiger partial charge in [-0.05, 0) is 73.5 Å². The normalized spacial score (nSPS) is 19.6. The van der Waals surface area contributed by atoms with Gasteiger partial charge in [-0.25, -0.2) is 9.18 Å². The Morgan fingerprint density at radius 3 is 2.53 bits per heavy atom. The standard InChI is InChI=1S/C23H24Cl2FNO3/c24-17-6-15(7-18(25)8-17)12-27-5-1-2-14(11-27)13-30-22-10-21(26)20(23(28)29)9-19(22)16-3-4-16/h6-10,14,16H,1-5,11-13H2,(H,28,29). The summed E-state index contributed by atoms with van der Waals surface area (Å²) in [5, 5.41) is 10.5. The molecule has 1 atom stereocenters. The lowest BCUT2D eigenvalue weighted by atomic mass is 9.98. The SMILES string of the molecule is O=C(O)c1cc(C2CC2)c(OCC2CCCN(Cc3cc(Cl)cc(Cl)c3)C2)cc1F. The molecular weight excluding hydrogens is 428 g/mol. The molecule has 0 amide bonds. The largest absolute Gasteiger partial charge is 0.493 e. The van der Waals surface area contributed by atoms with Gasteiger partial charge in [-0.2, -0.15) is 0 Å². The molecule has 1 saturated carbocycles. The van der Waals surface area contributed by atoms with Gasteiger partial charge in [0.1, 0.15) is 11.6 Å². The van der Waals surface area contributed by atoms with Crippen molar-refractivity contribution in [2.45, 2.75) is 38.1 Å². The van der Waals surface area contributed by atoms with Crippen LogP contribution < -0.4 is 4.74 Å². The van der Waals surface area contributed by atoms with E-state index in [1.807, 2.05) is 12.1 Å². The van der Waals surface area contributed by atoms with Crippen molar-refractivity contribution < 1.29 is 19.0 Å². The average molecular weight is 452 g/mol. The van der Waals surface area contributed by atoms with Crippen LogP contribution >= 0.6 is 23.2 Å². The molecule has 1 heterocycles. The van der Waals surface area contributed by atoms with Crippen molar-refractivity contribution in [2.24, 2.45) is 5.92 Å². The van der Waals surface area contributed by atoms with Crippen LogP contribution in [-0.4, -0.2) is 35.7 Å². The summed E-state index contributed by atoms with van der Waals surface area (Å²) < 4.78 is 20.2. The van der Waals surface area contributed by atoms with E-state index in [0.717, 1.165) is 56.4 Å². The smallest absolute Gasteiger partial charge is 0.338 e. The average Bonchev–Trinajstić information content (AvgIpc) is 3.50. The first-order valence-electron chi connectivity index (χ1n) is 10.3. The summed E-state index contributed by atoms with van der Waals surface area (Å²) in [4.78, 5) is 13.6. The van der Waals surface area contributed by atoms with Crippen LogP contribution in [0.25, 0.3) is 0 Å². The van der Waals surface area contributed by atoms with Crippen LogP contribution in [0.5, 0.6) is 5.75 Å². The number of halogens is 3. The van der Waals surface area contributed by atoms with E-state index in [9.17, 15) is 14.3 Å². The van der Waals surface area contributed by atoms with E-state index in [4.69, 9.17) is 27.9 Å². The van der Waals surface area contributed by atoms with Crippen LogP contribution in [0.15, 0.2) is 30.3 Å². The van der Waals surface area contributed by atoms with Gasteiger partial charge in [-0.1, -0.05) is 23.2 Å². The van der Waals surface area contributed by atoms with Crippen LogP contribution in [0.2, 0.25) is 10.0 Å². The summed E-state index contributed by atoms with van der Waals surface area (Å²) in [7, 11) is 0. The molecule has 0 aromatic heterocycles. The van der Waals surface area contributed by atoms with Crippen molar-refractivity contribution in [1.29, 1.82) is 0 Å². The Bertz CT molecular complexity index is 928. The van der Waals surface area contributed by atoms with Crippen molar-refractivity contribution in [3.05, 3.63) is 62.9 Å². The number of carbonyl (C=O) groups is 1. The molecule has 30 heavy (non-hydrogen) atoms. The maximum atomic E-state index is 14.2. The number of likely N-dealkylation sites (tertiary alicyclic amines) is 1. The monoisotopic (exact) mass is 451 g/mol. The molecule has 7 heteroatoms. The number of aromatic carboxylic acids is 1. The third kappa shape index (κ3) is 5.26. The molecule has 1 unspecified atom stereocenters. The fourth-order valence-corrected chi connectivity index (χ4v) is 4.74. The highest BCUT2D eigenvalue weighted by Crippen LogP contribution is 2.45. The third-order valence-corrected chi connectivity index (χ3v) is 6.19. The Labute approximate surface area is 185 Å². The highest BCUT2D eigenvalue weighted by Gasteiger charge is 2.30. The molecule has 0 radical (unpaired) electrons. The number of benzene rings is 2. The van der Waals surface area contributed by atoms with Crippen LogP contribution in [0.3, 0.4) is 0 Å². The summed E-state index contributed by atoms with van der Waals surface area (Å²) in [5.41, 5.74) is 1.61. The molecule has 1 saturated heterocycles. The van der Waals surface area contributed by atoms with Gasteiger partial charge in [0, 0.05) is 35.1 Å². The zero-order valence-corrected chi connectivity index (χ0v) is 18.1. The molecular formula is C23H24Cl2FNO3. The summed E-state index contributed by atoms with van der Waals surface area (Å²) in [6, 6.07) is 8.28. The van der Waals surface area contributed by atoms with E-state index in [0.29, 0.717) is 28.3 Å². The molecule has 0 spiro atoms. The van der Waals surface area contributed by atoms with Crippen molar-refractivity contribution in [2.75, 3.05) is 19.7 Å². The molecule has 1 aliphatic carbocycles. The zero-order valence-electron chi connectivity index (χ0n) is 16.5. The fourth-order valence-electron chi connectivity index (χ4n) is 4.17. The molecule has 160 valence electrons. The van der Waals surface area contributed by atoms with Crippen molar-refractivity contribution in [1.82, 2.24) is 4.90 Å². The van der Waals surface area contributed by atoms with Gasteiger partial charge < -0.3 is 9.84 Å². The van der Waals surface area contributed by atoms with E-state index in [-0.39, 0.29) is 11.5 Å². The molecule has 1 aliphatic heterocycles. The van der Waals surface area contributed by atoms with Crippen molar-refractivity contribution >= 4 is 29.2 Å². The molecule has 4 rings (SSSR count). The van der Waals surface area contributed by atoms with Gasteiger partial charge in [-0.15, -0.1) is 0 Å². The lowest BCUT2D eigenvalue weighted by molar-refractivity contribution is 0.0691. The molecule has 2 aromatic rings. The Balaban J connectivity index is 1.40. The Morgan fingerprint density at radius 2 is 1.87 bits per heavy atom. The van der Waals surface area contributed by atoms with Crippen molar-refractivity contribution in [3.8, 4) is 5.75 Å². The number of rotatable bonds is 7. The molecule has 1 N–H and O–H groups in total. The number of carboxylic acid groups (broad SMARTS) is 1. The first kappa shape index (κ1) is 21.4. The van der Waals surface area contributed by atoms with E-state index in [1.165, 1.54) is 12.1 Å². The van der Waals surface area contributed by atoms with Gasteiger partial charge in [0.2, 0.25) is 0 Å². The maximum Gasteiger partial charge on any atom is 0.338 e. The number of carboxylic acids is 1. The summed E-state index contributed by atoms with van der Waals surface area (Å²) in [5.74, 6) is -0.912. The highest BCUT2D eigenvalue weighted by molar-refractivity contribution is 6.34. The first-order valence-corrected chi connectivity index (χ1v) is 11.0. The minimum absolute atomic E-state index is 0.272. The van der Waals surface area contributed by atoms with Gasteiger partial charge in [0.15, 0.2) is 0 Å². The number of ether oxygens (including phenoxy) is 1. The van der Waals surface area contributed by atoms with Gasteiger partial charge in [-0.3, -0.25) is 4.90 Å². The molecule has 2 aromatic carbocycles. The van der Waals surface area contributed by atoms with Gasteiger partial charge in [0.25, 0.3) is 0 Å². The summed E-state index contributed by atoms with van der Waals surface area (Å²) in [6.07, 6.45) is 4.08. The predicted molar refractivity (Wildman–Crippen MR) is 115 cm³/mol. The van der Waals surface area contributed by atoms with E-state index in [2.05, 4.69) is 4.90 Å². The lowest BCUT2D eigenvalue weighted by Crippen LogP contribution is -2.37. The van der Waals surface area contributed by atoms with E-state index in [1.54, 1.807) is 6.07 Å². The minimum Gasteiger partial charge on any atom is -0.493 e. The quantitative estimate of drug-likeness (QED) is 0.560. The summed E-state index contributed by atoms with van der Waals surface area (Å²) in [6.45, 7) is 3.12. The lowest BCUT2D eigenvalue weighted by Gasteiger charge is -2.33. The zero-order chi connectivity index (χ0) is 21.3. The molecule has 2 fully saturated rings. The Kier molecular flexibility index (Phi) is 6.51. The Hall–Kier alpha value is -1.82. The maximum absolute atomic E-state index is 14.2. The van der Waals surface area contributed by atoms with Crippen LogP contribution in [0, 0.1) is 11.7 Å². The topological polar surface area (TPSA) is 49.8 Å². The van der Waals surface area contributed by atoms with Crippen LogP contribution in [-0.2, 0) is 6.54 Å². The van der Waals surface area contributed by atoms with Gasteiger partial charge in [0.05, 0.1) is 12.2 Å². The van der Waals surface area contributed by atoms with E-state index >= 15 is 0 Å². The second kappa shape index (κ2) is 9.13. The predicted octanol–water partition coefficient (Wildman–Crippen LogP) is 6.00. The third-order valence-electron chi connectivity index (χ3n) is 5.75. The first-order chi connectivity index (χ1) is 14.4. The summed E-state index contributed by atoms with van der Waals surface area (Å²) >= 11 is 12.2. The molecule has 4 nitrogen and oxygen atoms in total. The minimum atomic E-state index is -1.25. The van der Waals surface area contributed by atoms with Crippen LogP contribution in [0.4, 0.5) is 4.39 Å². The molecule has 0 bridgehead atoms.